The van der Waals surface area contributed by atoms with Crippen LogP contribution in [0.3, 0.4) is 0 Å². The fourth-order valence-corrected chi connectivity index (χ4v) is 7.83. The summed E-state index contributed by atoms with van der Waals surface area (Å²) >= 11 is 3.49. The zero-order chi connectivity index (χ0) is 33.6. The van der Waals surface area contributed by atoms with Crippen LogP contribution in [0.4, 0.5) is 5.69 Å². The maximum Gasteiger partial charge on any atom is 0.264 e. The summed E-state index contributed by atoms with van der Waals surface area (Å²) in [6.07, 6.45) is 4.20. The van der Waals surface area contributed by atoms with Crippen molar-refractivity contribution in [1.82, 2.24) is 10.2 Å². The molecule has 0 spiro atoms. The third-order valence-electron chi connectivity index (χ3n) is 8.62. The van der Waals surface area contributed by atoms with Gasteiger partial charge in [-0.3, -0.25) is 13.9 Å². The van der Waals surface area contributed by atoms with E-state index in [9.17, 15) is 18.0 Å². The number of nitrogens with zero attached hydrogens (tertiary/aromatic N) is 2. The number of hydrogen-bond acceptors (Lipinski definition) is 4. The minimum Gasteiger partial charge on any atom is -0.352 e. The summed E-state index contributed by atoms with van der Waals surface area (Å²) < 4.78 is 30.7. The lowest BCUT2D eigenvalue weighted by molar-refractivity contribution is -0.140. The minimum atomic E-state index is -4.16. The van der Waals surface area contributed by atoms with Gasteiger partial charge in [-0.2, -0.15) is 0 Å². The minimum absolute atomic E-state index is 0.0547. The molecule has 1 aliphatic carbocycles. The second-order valence-corrected chi connectivity index (χ2v) is 15.3. The molecule has 2 amide bonds. The molecular formula is C38H42BrN3O4S. The van der Waals surface area contributed by atoms with Gasteiger partial charge in [-0.25, -0.2) is 8.42 Å². The Kier molecular flexibility index (Phi) is 11.2. The average Bonchev–Trinajstić information content (AvgIpc) is 3.55. The molecular weight excluding hydrogens is 674 g/mol. The third-order valence-corrected chi connectivity index (χ3v) is 10.9. The highest BCUT2D eigenvalue weighted by Gasteiger charge is 2.35. The second-order valence-electron chi connectivity index (χ2n) is 12.5. The lowest BCUT2D eigenvalue weighted by atomic mass is 10.0. The van der Waals surface area contributed by atoms with Crippen LogP contribution >= 0.6 is 15.9 Å². The predicted molar refractivity (Wildman–Crippen MR) is 191 cm³/mol. The smallest absolute Gasteiger partial charge is 0.264 e. The number of carbonyl (C=O) groups excluding carboxylic acids is 2. The first-order chi connectivity index (χ1) is 22.5. The molecule has 7 nitrogen and oxygen atoms in total. The number of amides is 2. The van der Waals surface area contributed by atoms with Gasteiger partial charge in [0.1, 0.15) is 12.6 Å². The topological polar surface area (TPSA) is 86.8 Å². The fraction of sp³-hybridized carbons (Fsp3) is 0.316. The van der Waals surface area contributed by atoms with Gasteiger partial charge in [0.25, 0.3) is 10.0 Å². The highest BCUT2D eigenvalue weighted by molar-refractivity contribution is 9.10. The van der Waals surface area contributed by atoms with Crippen molar-refractivity contribution in [1.29, 1.82) is 0 Å². The van der Waals surface area contributed by atoms with Gasteiger partial charge < -0.3 is 10.2 Å². The van der Waals surface area contributed by atoms with Gasteiger partial charge in [-0.15, -0.1) is 0 Å². The Hall–Kier alpha value is -3.95. The van der Waals surface area contributed by atoms with Crippen molar-refractivity contribution in [3.8, 4) is 0 Å². The van der Waals surface area contributed by atoms with E-state index in [1.165, 1.54) is 4.31 Å². The molecule has 1 N–H and O–H groups in total. The summed E-state index contributed by atoms with van der Waals surface area (Å²) in [5.74, 6) is -0.698. The summed E-state index contributed by atoms with van der Waals surface area (Å²) in [6.45, 7) is 5.35. The number of carbonyl (C=O) groups is 2. The zero-order valence-corrected chi connectivity index (χ0v) is 29.6. The van der Waals surface area contributed by atoms with Crippen LogP contribution in [0.5, 0.6) is 0 Å². The molecule has 1 atom stereocenters. The van der Waals surface area contributed by atoms with Crippen molar-refractivity contribution in [2.75, 3.05) is 10.8 Å². The number of halogens is 1. The maximum atomic E-state index is 14.7. The molecule has 1 aliphatic rings. The Morgan fingerprint density at radius 3 is 2.04 bits per heavy atom. The molecule has 1 unspecified atom stereocenters. The molecule has 0 heterocycles. The molecule has 0 bridgehead atoms. The second kappa shape index (κ2) is 15.3. The van der Waals surface area contributed by atoms with Gasteiger partial charge in [0.15, 0.2) is 0 Å². The quantitative estimate of drug-likeness (QED) is 0.167. The van der Waals surface area contributed by atoms with Gasteiger partial charge in [-0.1, -0.05) is 95.0 Å². The van der Waals surface area contributed by atoms with Gasteiger partial charge in [0.05, 0.1) is 10.6 Å². The fourth-order valence-electron chi connectivity index (χ4n) is 6.17. The zero-order valence-electron chi connectivity index (χ0n) is 27.2. The van der Waals surface area contributed by atoms with Crippen molar-refractivity contribution in [3.63, 3.8) is 0 Å². The van der Waals surface area contributed by atoms with E-state index < -0.39 is 28.5 Å². The first kappa shape index (κ1) is 34.4. The van der Waals surface area contributed by atoms with Crippen LogP contribution in [0.2, 0.25) is 0 Å². The van der Waals surface area contributed by atoms with Crippen LogP contribution in [-0.4, -0.2) is 43.8 Å². The van der Waals surface area contributed by atoms with Crippen molar-refractivity contribution >= 4 is 43.5 Å². The number of benzene rings is 4. The molecule has 1 fully saturated rings. The Bertz CT molecular complexity index is 1770. The molecule has 9 heteroatoms. The van der Waals surface area contributed by atoms with E-state index >= 15 is 0 Å². The summed E-state index contributed by atoms with van der Waals surface area (Å²) in [4.78, 5) is 30.5. The predicted octanol–water partition coefficient (Wildman–Crippen LogP) is 7.27. The Morgan fingerprint density at radius 1 is 0.809 bits per heavy atom. The molecule has 246 valence electrons. The molecule has 47 heavy (non-hydrogen) atoms. The molecule has 5 rings (SSSR count). The Morgan fingerprint density at radius 2 is 1.43 bits per heavy atom. The monoisotopic (exact) mass is 715 g/mol. The van der Waals surface area contributed by atoms with E-state index in [0.717, 1.165) is 58.0 Å². The number of hydrogen-bond donors (Lipinski definition) is 1. The van der Waals surface area contributed by atoms with E-state index in [1.54, 1.807) is 41.3 Å². The summed E-state index contributed by atoms with van der Waals surface area (Å²) in [5.41, 5.74) is 4.81. The number of sulfonamides is 1. The lowest BCUT2D eigenvalue weighted by Gasteiger charge is -2.34. The van der Waals surface area contributed by atoms with Gasteiger partial charge >= 0.3 is 0 Å². The molecule has 4 aromatic rings. The van der Waals surface area contributed by atoms with Crippen LogP contribution in [0, 0.1) is 20.8 Å². The molecule has 0 aromatic heterocycles. The normalized spacial score (nSPS) is 14.0. The Labute approximate surface area is 287 Å². The van der Waals surface area contributed by atoms with E-state index in [0.29, 0.717) is 5.69 Å². The average molecular weight is 717 g/mol. The highest BCUT2D eigenvalue weighted by atomic mass is 79.9. The van der Waals surface area contributed by atoms with Crippen molar-refractivity contribution in [3.05, 3.63) is 129 Å². The maximum absolute atomic E-state index is 14.7. The van der Waals surface area contributed by atoms with Crippen LogP contribution in [0.15, 0.2) is 106 Å². The molecule has 0 aliphatic heterocycles. The molecule has 0 saturated heterocycles. The number of anilines is 1. The highest BCUT2D eigenvalue weighted by Crippen LogP contribution is 2.28. The first-order valence-electron chi connectivity index (χ1n) is 16.1. The Balaban J connectivity index is 1.58. The summed E-state index contributed by atoms with van der Waals surface area (Å²) in [7, 11) is -4.16. The standard InChI is InChI=1S/C38H42BrN3O4S/c1-27-13-19-35(20-14-27)47(45,46)42(34-22-28(2)21-29(3)23-34)26-37(43)41(25-31-15-17-32(39)18-16-31)36(24-30-9-5-4-6-10-30)38(44)40-33-11-7-8-12-33/h4-6,9-10,13-23,33,36H,7-8,11-12,24-26H2,1-3H3,(H,40,44). The van der Waals surface area contributed by atoms with Crippen LogP contribution in [-0.2, 0) is 32.6 Å². The number of nitrogens with one attached hydrogen (secondary N) is 1. The van der Waals surface area contributed by atoms with Crippen LogP contribution < -0.4 is 9.62 Å². The van der Waals surface area contributed by atoms with Gasteiger partial charge in [-0.05, 0) is 92.3 Å². The van der Waals surface area contributed by atoms with Gasteiger partial charge in [0.2, 0.25) is 11.8 Å². The van der Waals surface area contributed by atoms with Crippen LogP contribution in [0.25, 0.3) is 0 Å². The molecule has 4 aromatic carbocycles. The lowest BCUT2D eigenvalue weighted by Crippen LogP contribution is -2.54. The van der Waals surface area contributed by atoms with Crippen molar-refractivity contribution in [2.45, 2.75) is 76.4 Å². The van der Waals surface area contributed by atoms with Crippen molar-refractivity contribution in [2.24, 2.45) is 0 Å². The van der Waals surface area contributed by atoms with Crippen LogP contribution in [0.1, 0.15) is 53.5 Å². The largest absolute Gasteiger partial charge is 0.352 e. The van der Waals surface area contributed by atoms with E-state index in [-0.39, 0.29) is 29.8 Å². The SMILES string of the molecule is Cc1ccc(S(=O)(=O)N(CC(=O)N(Cc2ccc(Br)cc2)C(Cc2ccccc2)C(=O)NC2CCCC2)c2cc(C)cc(C)c2)cc1. The molecule has 0 radical (unpaired) electrons. The molecule has 1 saturated carbocycles. The summed E-state index contributed by atoms with van der Waals surface area (Å²) in [6, 6.07) is 28.6. The first-order valence-corrected chi connectivity index (χ1v) is 18.3. The summed E-state index contributed by atoms with van der Waals surface area (Å²) in [5, 5.41) is 3.22. The van der Waals surface area contributed by atoms with Gasteiger partial charge in [0, 0.05) is 23.5 Å². The van der Waals surface area contributed by atoms with Crippen molar-refractivity contribution < 1.29 is 18.0 Å². The van der Waals surface area contributed by atoms with E-state index in [1.807, 2.05) is 81.4 Å². The number of rotatable bonds is 12. The number of aryl methyl sites for hydroxylation is 3. The third kappa shape index (κ3) is 8.90. The van der Waals surface area contributed by atoms with E-state index in [2.05, 4.69) is 21.2 Å². The van der Waals surface area contributed by atoms with E-state index in [4.69, 9.17) is 0 Å².